The molecule has 1 amide bonds. The van der Waals surface area contributed by atoms with E-state index in [-0.39, 0.29) is 48.1 Å². The maximum atomic E-state index is 11.9. The van der Waals surface area contributed by atoms with Gasteiger partial charge in [0, 0.05) is 32.8 Å². The Morgan fingerprint density at radius 1 is 1.42 bits per heavy atom. The van der Waals surface area contributed by atoms with Crippen molar-refractivity contribution in [2.75, 3.05) is 47.0 Å². The van der Waals surface area contributed by atoms with Crippen LogP contribution >= 0.6 is 24.0 Å². The summed E-state index contributed by atoms with van der Waals surface area (Å²) < 4.78 is 11.1. The molecule has 0 aromatic carbocycles. The van der Waals surface area contributed by atoms with Gasteiger partial charge in [-0.3, -0.25) is 9.79 Å². The molecule has 2 N–H and O–H groups in total. The molecule has 0 aliphatic carbocycles. The number of rotatable bonds is 7. The van der Waals surface area contributed by atoms with E-state index in [1.807, 2.05) is 27.8 Å². The first kappa shape index (κ1) is 23.4. The van der Waals surface area contributed by atoms with E-state index in [0.717, 1.165) is 19.4 Å². The van der Waals surface area contributed by atoms with Gasteiger partial charge in [0.05, 0.1) is 25.9 Å². The van der Waals surface area contributed by atoms with Crippen molar-refractivity contribution in [3.05, 3.63) is 0 Å². The highest BCUT2D eigenvalue weighted by molar-refractivity contribution is 14.0. The SMILES string of the molecule is CN=C(NCCOCC1CCCO1)N(C)CC(=O)NC(C)(C)C.I. The summed E-state index contributed by atoms with van der Waals surface area (Å²) in [6.45, 7) is 8.86. The number of nitrogens with zero attached hydrogens (tertiary/aromatic N) is 2. The third-order valence-corrected chi connectivity index (χ3v) is 3.33. The van der Waals surface area contributed by atoms with Gasteiger partial charge in [-0.25, -0.2) is 0 Å². The van der Waals surface area contributed by atoms with Gasteiger partial charge in [0.15, 0.2) is 5.96 Å². The van der Waals surface area contributed by atoms with E-state index in [4.69, 9.17) is 9.47 Å². The normalized spacial score (nSPS) is 18.0. The highest BCUT2D eigenvalue weighted by Crippen LogP contribution is 2.11. The van der Waals surface area contributed by atoms with Crippen LogP contribution in [0.25, 0.3) is 0 Å². The van der Waals surface area contributed by atoms with Crippen molar-refractivity contribution in [1.29, 1.82) is 0 Å². The molecule has 1 atom stereocenters. The van der Waals surface area contributed by atoms with Crippen LogP contribution in [0, 0.1) is 0 Å². The van der Waals surface area contributed by atoms with Crippen molar-refractivity contribution in [2.24, 2.45) is 4.99 Å². The van der Waals surface area contributed by atoms with Crippen molar-refractivity contribution < 1.29 is 14.3 Å². The number of halogens is 1. The van der Waals surface area contributed by atoms with Gasteiger partial charge in [0.25, 0.3) is 0 Å². The van der Waals surface area contributed by atoms with Crippen molar-refractivity contribution in [3.63, 3.8) is 0 Å². The summed E-state index contributed by atoms with van der Waals surface area (Å²) in [7, 11) is 3.54. The van der Waals surface area contributed by atoms with Gasteiger partial charge in [0.2, 0.25) is 5.91 Å². The molecule has 0 radical (unpaired) electrons. The van der Waals surface area contributed by atoms with Gasteiger partial charge in [-0.1, -0.05) is 0 Å². The molecule has 1 fully saturated rings. The average molecular weight is 456 g/mol. The maximum absolute atomic E-state index is 11.9. The molecule has 1 rings (SSSR count). The molecule has 0 spiro atoms. The minimum atomic E-state index is -0.231. The summed E-state index contributed by atoms with van der Waals surface area (Å²) in [5.74, 6) is 0.646. The number of carbonyl (C=O) groups excluding carboxylic acids is 1. The first-order chi connectivity index (χ1) is 10.8. The second-order valence-corrected chi connectivity index (χ2v) is 6.84. The fourth-order valence-corrected chi connectivity index (χ4v) is 2.36. The Hall–Kier alpha value is -0.610. The first-order valence-electron chi connectivity index (χ1n) is 8.24. The summed E-state index contributed by atoms with van der Waals surface area (Å²) >= 11 is 0. The van der Waals surface area contributed by atoms with Crippen LogP contribution in [0.3, 0.4) is 0 Å². The van der Waals surface area contributed by atoms with Gasteiger partial charge in [-0.2, -0.15) is 0 Å². The molecule has 24 heavy (non-hydrogen) atoms. The highest BCUT2D eigenvalue weighted by atomic mass is 127. The third-order valence-electron chi connectivity index (χ3n) is 3.33. The van der Waals surface area contributed by atoms with Gasteiger partial charge in [0.1, 0.15) is 0 Å². The number of nitrogens with one attached hydrogen (secondary N) is 2. The van der Waals surface area contributed by atoms with Gasteiger partial charge in [-0.15, -0.1) is 24.0 Å². The molecular formula is C16H33IN4O3. The number of aliphatic imine (C=N–C) groups is 1. The molecule has 1 saturated heterocycles. The number of amides is 1. The largest absolute Gasteiger partial charge is 0.377 e. The topological polar surface area (TPSA) is 75.2 Å². The smallest absolute Gasteiger partial charge is 0.240 e. The van der Waals surface area contributed by atoms with Crippen LogP contribution in [-0.2, 0) is 14.3 Å². The fourth-order valence-electron chi connectivity index (χ4n) is 2.36. The Kier molecular flexibility index (Phi) is 11.6. The second kappa shape index (κ2) is 11.9. The van der Waals surface area contributed by atoms with E-state index in [1.165, 1.54) is 0 Å². The third kappa shape index (κ3) is 10.3. The van der Waals surface area contributed by atoms with Gasteiger partial charge in [-0.05, 0) is 33.6 Å². The number of carbonyl (C=O) groups is 1. The second-order valence-electron chi connectivity index (χ2n) is 6.84. The van der Waals surface area contributed by atoms with E-state index in [1.54, 1.807) is 11.9 Å². The summed E-state index contributed by atoms with van der Waals surface area (Å²) in [6.07, 6.45) is 2.46. The molecule has 1 unspecified atom stereocenters. The van der Waals surface area contributed by atoms with Crippen LogP contribution in [0.1, 0.15) is 33.6 Å². The average Bonchev–Trinajstić information content (AvgIpc) is 2.93. The molecule has 7 nitrogen and oxygen atoms in total. The van der Waals surface area contributed by atoms with Crippen LogP contribution in [0.2, 0.25) is 0 Å². The summed E-state index contributed by atoms with van der Waals surface area (Å²) in [5, 5.41) is 6.13. The Balaban J connectivity index is 0.00000529. The number of ether oxygens (including phenoxy) is 2. The molecule has 0 saturated carbocycles. The molecule has 1 aliphatic heterocycles. The van der Waals surface area contributed by atoms with E-state index in [9.17, 15) is 4.79 Å². The highest BCUT2D eigenvalue weighted by Gasteiger charge is 2.17. The van der Waals surface area contributed by atoms with E-state index < -0.39 is 0 Å². The Labute approximate surface area is 162 Å². The molecule has 0 aromatic heterocycles. The Morgan fingerprint density at radius 2 is 2.12 bits per heavy atom. The standard InChI is InChI=1S/C16H32N4O3.HI/c1-16(2,3)19-14(21)11-20(5)15(17-4)18-8-10-22-12-13-7-6-9-23-13;/h13H,6-12H2,1-5H3,(H,17,18)(H,19,21);1H. The summed E-state index contributed by atoms with van der Waals surface area (Å²) in [6, 6.07) is 0. The van der Waals surface area contributed by atoms with Crippen molar-refractivity contribution in [2.45, 2.75) is 45.3 Å². The fraction of sp³-hybridized carbons (Fsp3) is 0.875. The van der Waals surface area contributed by atoms with Crippen LogP contribution < -0.4 is 10.6 Å². The van der Waals surface area contributed by atoms with Crippen LogP contribution in [0.5, 0.6) is 0 Å². The van der Waals surface area contributed by atoms with Crippen LogP contribution in [0.4, 0.5) is 0 Å². The number of hydrogen-bond acceptors (Lipinski definition) is 4. The first-order valence-corrected chi connectivity index (χ1v) is 8.24. The van der Waals surface area contributed by atoms with Crippen molar-refractivity contribution in [1.82, 2.24) is 15.5 Å². The van der Waals surface area contributed by atoms with E-state index in [0.29, 0.717) is 25.7 Å². The zero-order chi connectivity index (χ0) is 17.3. The van der Waals surface area contributed by atoms with Crippen LogP contribution in [0.15, 0.2) is 4.99 Å². The molecule has 1 aliphatic rings. The Morgan fingerprint density at radius 3 is 2.67 bits per heavy atom. The summed E-state index contributed by atoms with van der Waals surface area (Å²) in [4.78, 5) is 17.9. The van der Waals surface area contributed by atoms with Crippen LogP contribution in [-0.4, -0.2) is 75.4 Å². The lowest BCUT2D eigenvalue weighted by Crippen LogP contribution is -2.49. The predicted octanol–water partition coefficient (Wildman–Crippen LogP) is 1.22. The zero-order valence-corrected chi connectivity index (χ0v) is 17.9. The number of guanidine groups is 1. The lowest BCUT2D eigenvalue weighted by molar-refractivity contribution is -0.122. The van der Waals surface area contributed by atoms with Crippen molar-refractivity contribution >= 4 is 35.8 Å². The van der Waals surface area contributed by atoms with Gasteiger partial charge >= 0.3 is 0 Å². The Bertz CT molecular complexity index is 393. The zero-order valence-electron chi connectivity index (χ0n) is 15.6. The molecule has 8 heteroatoms. The van der Waals surface area contributed by atoms with Gasteiger partial charge < -0.3 is 25.0 Å². The minimum absolute atomic E-state index is 0. The summed E-state index contributed by atoms with van der Waals surface area (Å²) in [5.41, 5.74) is -0.231. The number of likely N-dealkylation sites (N-methyl/N-ethyl adjacent to an activating group) is 1. The maximum Gasteiger partial charge on any atom is 0.240 e. The minimum Gasteiger partial charge on any atom is -0.377 e. The molecule has 0 bridgehead atoms. The lowest BCUT2D eigenvalue weighted by Gasteiger charge is -2.25. The van der Waals surface area contributed by atoms with Crippen molar-refractivity contribution in [3.8, 4) is 0 Å². The monoisotopic (exact) mass is 456 g/mol. The van der Waals surface area contributed by atoms with E-state index >= 15 is 0 Å². The molecule has 0 aromatic rings. The molecule has 1 heterocycles. The number of hydrogen-bond donors (Lipinski definition) is 2. The van der Waals surface area contributed by atoms with E-state index in [2.05, 4.69) is 15.6 Å². The predicted molar refractivity (Wildman–Crippen MR) is 107 cm³/mol. The quantitative estimate of drug-likeness (QED) is 0.261. The lowest BCUT2D eigenvalue weighted by atomic mass is 10.1. The molecular weight excluding hydrogens is 423 g/mol. The molecule has 142 valence electrons.